The highest BCUT2D eigenvalue weighted by atomic mass is 19.1. The van der Waals surface area contributed by atoms with E-state index in [-0.39, 0.29) is 12.0 Å². The Bertz CT molecular complexity index is 619. The molecule has 0 atom stereocenters. The van der Waals surface area contributed by atoms with Crippen molar-refractivity contribution in [1.82, 2.24) is 15.0 Å². The predicted octanol–water partition coefficient (Wildman–Crippen LogP) is 1.46. The van der Waals surface area contributed by atoms with Crippen molar-refractivity contribution in [3.8, 4) is 11.8 Å². The van der Waals surface area contributed by atoms with Gasteiger partial charge in [-0.3, -0.25) is 5.43 Å². The average molecular weight is 278 g/mol. The summed E-state index contributed by atoms with van der Waals surface area (Å²) in [6.45, 7) is 1.80. The largest absolute Gasteiger partial charge is 0.424 e. The van der Waals surface area contributed by atoms with Gasteiger partial charge in [0, 0.05) is 20.2 Å². The first-order valence-electron chi connectivity index (χ1n) is 5.83. The summed E-state index contributed by atoms with van der Waals surface area (Å²) in [6.07, 6.45) is 0. The third-order valence-corrected chi connectivity index (χ3v) is 2.48. The second-order valence-electron chi connectivity index (χ2n) is 4.29. The Kier molecular flexibility index (Phi) is 3.94. The van der Waals surface area contributed by atoms with E-state index in [1.807, 2.05) is 0 Å². The standard InChI is InChI=1S/C12H15FN6O/c1-7-4-5-8(13)6-9(7)20-12-16-10(18-14)15-11(17-12)19(2)3/h4-6H,14H2,1-3H3,(H,15,16,17,18). The minimum Gasteiger partial charge on any atom is -0.424 e. The highest BCUT2D eigenvalue weighted by Crippen LogP contribution is 2.24. The van der Waals surface area contributed by atoms with Gasteiger partial charge in [0.25, 0.3) is 0 Å². The molecule has 0 aliphatic heterocycles. The Labute approximate surface area is 115 Å². The number of hydrogen-bond donors (Lipinski definition) is 2. The van der Waals surface area contributed by atoms with Gasteiger partial charge < -0.3 is 9.64 Å². The van der Waals surface area contributed by atoms with Crippen molar-refractivity contribution >= 4 is 11.9 Å². The number of halogens is 1. The van der Waals surface area contributed by atoms with E-state index in [2.05, 4.69) is 20.4 Å². The second-order valence-corrected chi connectivity index (χ2v) is 4.29. The Morgan fingerprint density at radius 2 is 2.00 bits per heavy atom. The van der Waals surface area contributed by atoms with Gasteiger partial charge in [0.15, 0.2) is 0 Å². The molecular weight excluding hydrogens is 263 g/mol. The number of ether oxygens (including phenoxy) is 1. The van der Waals surface area contributed by atoms with Crippen molar-refractivity contribution in [3.63, 3.8) is 0 Å². The first-order chi connectivity index (χ1) is 9.49. The molecular formula is C12H15FN6O. The molecule has 3 N–H and O–H groups in total. The predicted molar refractivity (Wildman–Crippen MR) is 73.2 cm³/mol. The fourth-order valence-electron chi connectivity index (χ4n) is 1.44. The SMILES string of the molecule is Cc1ccc(F)cc1Oc1nc(NN)nc(N(C)C)n1. The van der Waals surface area contributed by atoms with E-state index in [1.54, 1.807) is 32.0 Å². The van der Waals surface area contributed by atoms with Crippen LogP contribution in [0.4, 0.5) is 16.3 Å². The van der Waals surface area contributed by atoms with Gasteiger partial charge in [-0.25, -0.2) is 10.2 Å². The molecule has 0 unspecified atom stereocenters. The number of nitrogen functional groups attached to an aromatic ring is 1. The molecule has 1 aromatic heterocycles. The highest BCUT2D eigenvalue weighted by Gasteiger charge is 2.11. The van der Waals surface area contributed by atoms with Crippen molar-refractivity contribution in [2.45, 2.75) is 6.92 Å². The van der Waals surface area contributed by atoms with Crippen LogP contribution in [0.5, 0.6) is 11.8 Å². The summed E-state index contributed by atoms with van der Waals surface area (Å²) in [5.74, 6) is 5.77. The maximum absolute atomic E-state index is 13.2. The number of nitrogens with zero attached hydrogens (tertiary/aromatic N) is 4. The molecule has 2 aromatic rings. The molecule has 0 spiro atoms. The first-order valence-corrected chi connectivity index (χ1v) is 5.83. The van der Waals surface area contributed by atoms with E-state index >= 15 is 0 Å². The van der Waals surface area contributed by atoms with Gasteiger partial charge in [-0.05, 0) is 18.6 Å². The number of nitrogens with two attached hydrogens (primary N) is 1. The van der Waals surface area contributed by atoms with Crippen molar-refractivity contribution < 1.29 is 9.13 Å². The number of hydrazine groups is 1. The van der Waals surface area contributed by atoms with Gasteiger partial charge in [0.1, 0.15) is 11.6 Å². The summed E-state index contributed by atoms with van der Waals surface area (Å²) < 4.78 is 18.7. The molecule has 0 fully saturated rings. The lowest BCUT2D eigenvalue weighted by Gasteiger charge is -2.13. The Morgan fingerprint density at radius 1 is 1.25 bits per heavy atom. The lowest BCUT2D eigenvalue weighted by molar-refractivity contribution is 0.433. The van der Waals surface area contributed by atoms with Crippen LogP contribution >= 0.6 is 0 Å². The van der Waals surface area contributed by atoms with Crippen LogP contribution in [0.2, 0.25) is 0 Å². The second kappa shape index (κ2) is 5.66. The summed E-state index contributed by atoms with van der Waals surface area (Å²) >= 11 is 0. The van der Waals surface area contributed by atoms with Gasteiger partial charge in [0.05, 0.1) is 0 Å². The fraction of sp³-hybridized carbons (Fsp3) is 0.250. The molecule has 0 saturated carbocycles. The van der Waals surface area contributed by atoms with E-state index in [9.17, 15) is 4.39 Å². The molecule has 1 aromatic carbocycles. The van der Waals surface area contributed by atoms with E-state index in [0.29, 0.717) is 11.7 Å². The van der Waals surface area contributed by atoms with Crippen LogP contribution in [-0.4, -0.2) is 29.0 Å². The number of nitrogens with one attached hydrogen (secondary N) is 1. The van der Waals surface area contributed by atoms with Gasteiger partial charge >= 0.3 is 6.01 Å². The van der Waals surface area contributed by atoms with Gasteiger partial charge in [-0.15, -0.1) is 0 Å². The normalized spacial score (nSPS) is 10.2. The molecule has 1 heterocycles. The van der Waals surface area contributed by atoms with Crippen LogP contribution in [0.1, 0.15) is 5.56 Å². The summed E-state index contributed by atoms with van der Waals surface area (Å²) in [4.78, 5) is 13.8. The summed E-state index contributed by atoms with van der Waals surface area (Å²) in [6, 6.07) is 4.27. The molecule has 0 radical (unpaired) electrons. The van der Waals surface area contributed by atoms with Crippen molar-refractivity contribution in [3.05, 3.63) is 29.6 Å². The van der Waals surface area contributed by atoms with Gasteiger partial charge in [0.2, 0.25) is 11.9 Å². The molecule has 0 amide bonds. The van der Waals surface area contributed by atoms with Crippen LogP contribution in [0.3, 0.4) is 0 Å². The van der Waals surface area contributed by atoms with Crippen molar-refractivity contribution in [2.24, 2.45) is 5.84 Å². The lowest BCUT2D eigenvalue weighted by Crippen LogP contribution is -2.17. The monoisotopic (exact) mass is 278 g/mol. The van der Waals surface area contributed by atoms with Crippen LogP contribution in [0.15, 0.2) is 18.2 Å². The molecule has 106 valence electrons. The number of anilines is 2. The molecule has 0 aliphatic rings. The van der Waals surface area contributed by atoms with Crippen LogP contribution in [-0.2, 0) is 0 Å². The zero-order chi connectivity index (χ0) is 14.7. The quantitative estimate of drug-likeness (QED) is 0.646. The average Bonchev–Trinajstić information content (AvgIpc) is 2.42. The van der Waals surface area contributed by atoms with Crippen molar-refractivity contribution in [1.29, 1.82) is 0 Å². The highest BCUT2D eigenvalue weighted by molar-refractivity contribution is 5.39. The van der Waals surface area contributed by atoms with Gasteiger partial charge in [-0.2, -0.15) is 15.0 Å². The zero-order valence-corrected chi connectivity index (χ0v) is 11.4. The Hall–Kier alpha value is -2.48. The minimum absolute atomic E-state index is 0.0327. The number of hydrogen-bond acceptors (Lipinski definition) is 7. The zero-order valence-electron chi connectivity index (χ0n) is 11.4. The van der Waals surface area contributed by atoms with E-state index in [1.165, 1.54) is 12.1 Å². The third kappa shape index (κ3) is 3.09. The Morgan fingerprint density at radius 3 is 2.65 bits per heavy atom. The van der Waals surface area contributed by atoms with Crippen molar-refractivity contribution in [2.75, 3.05) is 24.4 Å². The van der Waals surface area contributed by atoms with Crippen LogP contribution in [0, 0.1) is 12.7 Å². The number of benzene rings is 1. The molecule has 8 heteroatoms. The smallest absolute Gasteiger partial charge is 0.328 e. The maximum Gasteiger partial charge on any atom is 0.328 e. The van der Waals surface area contributed by atoms with E-state index in [4.69, 9.17) is 10.6 Å². The molecule has 0 aliphatic carbocycles. The number of aryl methyl sites for hydroxylation is 1. The summed E-state index contributed by atoms with van der Waals surface area (Å²) in [7, 11) is 3.54. The maximum atomic E-state index is 13.2. The fourth-order valence-corrected chi connectivity index (χ4v) is 1.44. The lowest BCUT2D eigenvalue weighted by atomic mass is 10.2. The third-order valence-electron chi connectivity index (χ3n) is 2.48. The number of aromatic nitrogens is 3. The molecule has 20 heavy (non-hydrogen) atoms. The van der Waals surface area contributed by atoms with E-state index < -0.39 is 5.82 Å². The van der Waals surface area contributed by atoms with Gasteiger partial charge in [-0.1, -0.05) is 6.07 Å². The molecule has 2 rings (SSSR count). The molecule has 0 bridgehead atoms. The molecule has 7 nitrogen and oxygen atoms in total. The first kappa shape index (κ1) is 13.9. The summed E-state index contributed by atoms with van der Waals surface area (Å²) in [5, 5.41) is 0. The molecule has 0 saturated heterocycles. The van der Waals surface area contributed by atoms with Crippen LogP contribution in [0.25, 0.3) is 0 Å². The minimum atomic E-state index is -0.398. The topological polar surface area (TPSA) is 89.2 Å². The van der Waals surface area contributed by atoms with Crippen LogP contribution < -0.4 is 20.9 Å². The number of rotatable bonds is 4. The summed E-state index contributed by atoms with van der Waals surface area (Å²) in [5.41, 5.74) is 3.10. The van der Waals surface area contributed by atoms with E-state index in [0.717, 1.165) is 5.56 Å². The Balaban J connectivity index is 2.37.